The van der Waals surface area contributed by atoms with Gasteiger partial charge in [0.25, 0.3) is 0 Å². The van der Waals surface area contributed by atoms with Gasteiger partial charge in [0, 0.05) is 23.1 Å². The lowest BCUT2D eigenvalue weighted by Crippen LogP contribution is -1.97. The van der Waals surface area contributed by atoms with Crippen LogP contribution in [0.4, 0.5) is 4.39 Å². The van der Waals surface area contributed by atoms with E-state index >= 15 is 0 Å². The maximum Gasteiger partial charge on any atom is 0.151 e. The zero-order valence-corrected chi connectivity index (χ0v) is 8.45. The molecule has 0 saturated carbocycles. The van der Waals surface area contributed by atoms with Gasteiger partial charge in [-0.05, 0) is 24.6 Å². The predicted octanol–water partition coefficient (Wildman–Crippen LogP) is 2.73. The van der Waals surface area contributed by atoms with E-state index in [-0.39, 0.29) is 5.02 Å². The van der Waals surface area contributed by atoms with Gasteiger partial charge in [0.05, 0.1) is 5.02 Å². The van der Waals surface area contributed by atoms with Crippen molar-refractivity contribution in [1.82, 2.24) is 4.98 Å². The smallest absolute Gasteiger partial charge is 0.151 e. The molecule has 0 fully saturated rings. The summed E-state index contributed by atoms with van der Waals surface area (Å²) in [7, 11) is 0. The number of H-pyrrole nitrogens is 1. The number of hydrogen-bond acceptors (Lipinski definition) is 1. The minimum Gasteiger partial charge on any atom is -0.358 e. The number of aromatic nitrogens is 1. The zero-order chi connectivity index (χ0) is 10.3. The Balaban J connectivity index is 2.90. The van der Waals surface area contributed by atoms with Crippen LogP contribution < -0.4 is 5.73 Å². The summed E-state index contributed by atoms with van der Waals surface area (Å²) in [5.74, 6) is -0.394. The highest BCUT2D eigenvalue weighted by atomic mass is 35.5. The van der Waals surface area contributed by atoms with Crippen LogP contribution in [-0.4, -0.2) is 4.98 Å². The molecule has 0 radical (unpaired) electrons. The molecule has 1 heterocycles. The van der Waals surface area contributed by atoms with Crippen LogP contribution in [0.2, 0.25) is 5.02 Å². The SMILES string of the molecule is Cc1[nH]c2ccc(Cl)c(F)c2c1CN. The molecule has 2 rings (SSSR count). The van der Waals surface area contributed by atoms with Gasteiger partial charge in [-0.2, -0.15) is 0 Å². The normalized spacial score (nSPS) is 11.1. The minimum atomic E-state index is -0.394. The molecular weight excluding hydrogens is 203 g/mol. The molecule has 0 aliphatic heterocycles. The van der Waals surface area contributed by atoms with Gasteiger partial charge in [-0.15, -0.1) is 0 Å². The van der Waals surface area contributed by atoms with Gasteiger partial charge in [0.1, 0.15) is 0 Å². The fourth-order valence-electron chi connectivity index (χ4n) is 1.67. The van der Waals surface area contributed by atoms with Gasteiger partial charge >= 0.3 is 0 Å². The van der Waals surface area contributed by atoms with E-state index in [1.807, 2.05) is 6.92 Å². The highest BCUT2D eigenvalue weighted by molar-refractivity contribution is 6.31. The monoisotopic (exact) mass is 212 g/mol. The molecule has 1 aromatic carbocycles. The zero-order valence-electron chi connectivity index (χ0n) is 7.70. The van der Waals surface area contributed by atoms with Crippen molar-refractivity contribution in [1.29, 1.82) is 0 Å². The van der Waals surface area contributed by atoms with Gasteiger partial charge < -0.3 is 10.7 Å². The summed E-state index contributed by atoms with van der Waals surface area (Å²) in [4.78, 5) is 3.07. The van der Waals surface area contributed by atoms with Gasteiger partial charge in [-0.1, -0.05) is 11.6 Å². The largest absolute Gasteiger partial charge is 0.358 e. The summed E-state index contributed by atoms with van der Waals surface area (Å²) in [5, 5.41) is 0.642. The first kappa shape index (κ1) is 9.49. The summed E-state index contributed by atoms with van der Waals surface area (Å²) in [5.41, 5.74) is 7.97. The summed E-state index contributed by atoms with van der Waals surface area (Å²) in [6.45, 7) is 2.18. The Kier molecular flexibility index (Phi) is 2.21. The molecule has 0 aliphatic carbocycles. The fraction of sp³-hybridized carbons (Fsp3) is 0.200. The molecule has 0 spiro atoms. The third kappa shape index (κ3) is 1.21. The lowest BCUT2D eigenvalue weighted by Gasteiger charge is -1.98. The Morgan fingerprint density at radius 1 is 1.50 bits per heavy atom. The number of rotatable bonds is 1. The number of nitrogens with two attached hydrogens (primary N) is 1. The second-order valence-corrected chi connectivity index (χ2v) is 3.62. The molecule has 0 aliphatic rings. The molecule has 0 unspecified atom stereocenters. The molecule has 4 heteroatoms. The molecule has 0 bridgehead atoms. The third-order valence-electron chi connectivity index (χ3n) is 2.38. The lowest BCUT2D eigenvalue weighted by molar-refractivity contribution is 0.639. The number of nitrogens with one attached hydrogen (secondary N) is 1. The van der Waals surface area contributed by atoms with Crippen molar-refractivity contribution in [2.75, 3.05) is 0 Å². The molecular formula is C10H10ClFN2. The van der Waals surface area contributed by atoms with Crippen molar-refractivity contribution in [3.05, 3.63) is 34.2 Å². The summed E-state index contributed by atoms with van der Waals surface area (Å²) >= 11 is 5.70. The number of hydrogen-bond donors (Lipinski definition) is 2. The van der Waals surface area contributed by atoms with E-state index in [2.05, 4.69) is 4.98 Å². The molecule has 2 nitrogen and oxygen atoms in total. The van der Waals surface area contributed by atoms with E-state index in [1.165, 1.54) is 6.07 Å². The van der Waals surface area contributed by atoms with E-state index in [1.54, 1.807) is 6.07 Å². The predicted molar refractivity (Wildman–Crippen MR) is 55.9 cm³/mol. The fourth-order valence-corrected chi connectivity index (χ4v) is 1.83. The van der Waals surface area contributed by atoms with Crippen LogP contribution in [0.25, 0.3) is 10.9 Å². The van der Waals surface area contributed by atoms with Crippen LogP contribution in [0.5, 0.6) is 0 Å². The number of fused-ring (bicyclic) bond motifs is 1. The van der Waals surface area contributed by atoms with Crippen molar-refractivity contribution < 1.29 is 4.39 Å². The summed E-state index contributed by atoms with van der Waals surface area (Å²) < 4.78 is 13.7. The van der Waals surface area contributed by atoms with Crippen molar-refractivity contribution in [2.24, 2.45) is 5.73 Å². The van der Waals surface area contributed by atoms with Crippen LogP contribution in [0.1, 0.15) is 11.3 Å². The first-order chi connectivity index (χ1) is 6.65. The maximum absolute atomic E-state index is 13.7. The average molecular weight is 213 g/mol. The van der Waals surface area contributed by atoms with Crippen molar-refractivity contribution in [3.63, 3.8) is 0 Å². The Labute approximate surface area is 85.9 Å². The summed E-state index contributed by atoms with van der Waals surface area (Å²) in [6, 6.07) is 3.29. The van der Waals surface area contributed by atoms with E-state index in [9.17, 15) is 4.39 Å². The first-order valence-corrected chi connectivity index (χ1v) is 4.68. The molecule has 0 amide bonds. The van der Waals surface area contributed by atoms with Crippen LogP contribution >= 0.6 is 11.6 Å². The Morgan fingerprint density at radius 3 is 2.86 bits per heavy atom. The second-order valence-electron chi connectivity index (χ2n) is 3.22. The highest BCUT2D eigenvalue weighted by Gasteiger charge is 2.13. The van der Waals surface area contributed by atoms with E-state index in [0.29, 0.717) is 11.9 Å². The molecule has 0 saturated heterocycles. The molecule has 0 atom stereocenters. The van der Waals surface area contributed by atoms with Crippen molar-refractivity contribution in [3.8, 4) is 0 Å². The standard InChI is InChI=1S/C10H10ClFN2/c1-5-6(4-13)9-8(14-5)3-2-7(11)10(9)12/h2-3,14H,4,13H2,1H3. The lowest BCUT2D eigenvalue weighted by atomic mass is 10.1. The molecule has 74 valence electrons. The highest BCUT2D eigenvalue weighted by Crippen LogP contribution is 2.28. The molecule has 14 heavy (non-hydrogen) atoms. The van der Waals surface area contributed by atoms with Crippen LogP contribution in [0.3, 0.4) is 0 Å². The number of benzene rings is 1. The van der Waals surface area contributed by atoms with E-state index in [0.717, 1.165) is 16.8 Å². The van der Waals surface area contributed by atoms with Crippen molar-refractivity contribution >= 4 is 22.5 Å². The Hall–Kier alpha value is -1.06. The molecule has 2 aromatic rings. The third-order valence-corrected chi connectivity index (χ3v) is 2.67. The Bertz CT molecular complexity index is 490. The van der Waals surface area contributed by atoms with Crippen LogP contribution in [0.15, 0.2) is 12.1 Å². The summed E-state index contributed by atoms with van der Waals surface area (Å²) in [6.07, 6.45) is 0. The topological polar surface area (TPSA) is 41.8 Å². The van der Waals surface area contributed by atoms with Gasteiger partial charge in [-0.25, -0.2) is 4.39 Å². The van der Waals surface area contributed by atoms with Gasteiger partial charge in [0.15, 0.2) is 5.82 Å². The molecule has 3 N–H and O–H groups in total. The van der Waals surface area contributed by atoms with Crippen LogP contribution in [-0.2, 0) is 6.54 Å². The number of halogens is 2. The van der Waals surface area contributed by atoms with Gasteiger partial charge in [-0.3, -0.25) is 0 Å². The Morgan fingerprint density at radius 2 is 2.21 bits per heavy atom. The number of aromatic amines is 1. The average Bonchev–Trinajstić information content (AvgIpc) is 2.48. The molecule has 1 aromatic heterocycles. The minimum absolute atomic E-state index is 0.131. The van der Waals surface area contributed by atoms with E-state index < -0.39 is 5.82 Å². The van der Waals surface area contributed by atoms with Crippen molar-refractivity contribution in [2.45, 2.75) is 13.5 Å². The first-order valence-electron chi connectivity index (χ1n) is 4.30. The van der Waals surface area contributed by atoms with E-state index in [4.69, 9.17) is 17.3 Å². The maximum atomic E-state index is 13.7. The number of aryl methyl sites for hydroxylation is 1. The second kappa shape index (κ2) is 3.26. The quantitative estimate of drug-likeness (QED) is 0.750. The van der Waals surface area contributed by atoms with Gasteiger partial charge in [0.2, 0.25) is 0 Å². The van der Waals surface area contributed by atoms with Crippen LogP contribution in [0, 0.1) is 12.7 Å².